The molecule has 0 heterocycles. The zero-order chi connectivity index (χ0) is 14.1. The predicted molar refractivity (Wildman–Crippen MR) is 60.5 cm³/mol. The van der Waals surface area contributed by atoms with E-state index in [0.717, 1.165) is 0 Å². The van der Waals surface area contributed by atoms with Crippen LogP contribution in [-0.4, -0.2) is 20.0 Å². The van der Waals surface area contributed by atoms with E-state index in [1.807, 2.05) is 0 Å². The van der Waals surface area contributed by atoms with Gasteiger partial charge in [0.1, 0.15) is 10.6 Å². The van der Waals surface area contributed by atoms with E-state index in [4.69, 9.17) is 10.7 Å². The molecule has 1 aromatic carbocycles. The number of benzene rings is 1. The molecule has 0 aliphatic rings. The largest absolute Gasteiger partial charge is 0.433 e. The Balaban J connectivity index is 3.53. The Morgan fingerprint density at radius 2 is 2.00 bits per heavy atom. The van der Waals surface area contributed by atoms with Crippen LogP contribution < -0.4 is 4.74 Å². The minimum absolute atomic E-state index is 0.414. The fourth-order valence-electron chi connectivity index (χ4n) is 1.02. The van der Waals surface area contributed by atoms with Gasteiger partial charge < -0.3 is 4.74 Å². The highest BCUT2D eigenvalue weighted by Gasteiger charge is 2.25. The van der Waals surface area contributed by atoms with Gasteiger partial charge in [0.15, 0.2) is 0 Å². The number of nitro benzene ring substituents is 1. The highest BCUT2D eigenvalue weighted by molar-refractivity contribution is 9.10. The van der Waals surface area contributed by atoms with E-state index in [-0.39, 0.29) is 0 Å². The summed E-state index contributed by atoms with van der Waals surface area (Å²) in [7, 11) is 0.674. The van der Waals surface area contributed by atoms with Gasteiger partial charge in [-0.05, 0) is 15.9 Å². The van der Waals surface area contributed by atoms with Crippen LogP contribution in [0, 0.1) is 10.1 Å². The number of ether oxygens (including phenoxy) is 1. The molecule has 1 aromatic rings. The summed E-state index contributed by atoms with van der Waals surface area (Å²) in [5.74, 6) is -0.696. The SMILES string of the molecule is O=[N+]([O-])c1cc(OC(F)F)c(Br)c(S(=O)(=O)Cl)c1. The minimum atomic E-state index is -4.35. The molecule has 0 aliphatic carbocycles. The third kappa shape index (κ3) is 3.50. The van der Waals surface area contributed by atoms with Crippen LogP contribution >= 0.6 is 26.6 Å². The minimum Gasteiger partial charge on any atom is -0.433 e. The van der Waals surface area contributed by atoms with E-state index in [1.54, 1.807) is 0 Å². The number of hydrogen-bond acceptors (Lipinski definition) is 5. The molecule has 0 saturated heterocycles. The van der Waals surface area contributed by atoms with E-state index in [1.165, 1.54) is 0 Å². The lowest BCUT2D eigenvalue weighted by Gasteiger charge is -2.09. The van der Waals surface area contributed by atoms with Crippen molar-refractivity contribution in [2.45, 2.75) is 11.5 Å². The lowest BCUT2D eigenvalue weighted by molar-refractivity contribution is -0.385. The average Bonchev–Trinajstić information content (AvgIpc) is 2.18. The average molecular weight is 367 g/mol. The van der Waals surface area contributed by atoms with Gasteiger partial charge in [-0.3, -0.25) is 10.1 Å². The van der Waals surface area contributed by atoms with Gasteiger partial charge in [0.2, 0.25) is 0 Å². The molecule has 0 amide bonds. The number of nitrogens with zero attached hydrogens (tertiary/aromatic N) is 1. The van der Waals surface area contributed by atoms with E-state index in [2.05, 4.69) is 20.7 Å². The summed E-state index contributed by atoms with van der Waals surface area (Å²) in [6, 6.07) is 1.28. The first-order chi connectivity index (χ1) is 8.12. The summed E-state index contributed by atoms with van der Waals surface area (Å²) in [4.78, 5) is 8.85. The summed E-state index contributed by atoms with van der Waals surface area (Å²) in [6.07, 6.45) is 0. The van der Waals surface area contributed by atoms with Crippen LogP contribution in [0.15, 0.2) is 21.5 Å². The Kier molecular flexibility index (Phi) is 4.46. The number of rotatable bonds is 4. The molecule has 11 heteroatoms. The fourth-order valence-corrected chi connectivity index (χ4v) is 3.21. The Hall–Kier alpha value is -1.00. The third-order valence-electron chi connectivity index (χ3n) is 1.68. The van der Waals surface area contributed by atoms with Crippen molar-refractivity contribution in [1.82, 2.24) is 0 Å². The summed E-state index contributed by atoms with van der Waals surface area (Å²) in [5, 5.41) is 10.5. The fraction of sp³-hybridized carbons (Fsp3) is 0.143. The van der Waals surface area contributed by atoms with Gasteiger partial charge in [0.25, 0.3) is 14.7 Å². The van der Waals surface area contributed by atoms with Crippen LogP contribution in [0.2, 0.25) is 0 Å². The van der Waals surface area contributed by atoms with Gasteiger partial charge in [-0.15, -0.1) is 0 Å². The van der Waals surface area contributed by atoms with Crippen LogP contribution in [-0.2, 0) is 9.05 Å². The molecule has 0 fully saturated rings. The molecule has 18 heavy (non-hydrogen) atoms. The van der Waals surface area contributed by atoms with Crippen molar-refractivity contribution >= 4 is 41.4 Å². The number of non-ortho nitro benzene ring substituents is 1. The van der Waals surface area contributed by atoms with Gasteiger partial charge >= 0.3 is 6.61 Å². The second-order valence-electron chi connectivity index (χ2n) is 2.83. The molecule has 0 atom stereocenters. The van der Waals surface area contributed by atoms with Crippen molar-refractivity contribution < 1.29 is 26.9 Å². The third-order valence-corrected chi connectivity index (χ3v) is 4.11. The van der Waals surface area contributed by atoms with Crippen molar-refractivity contribution in [2.24, 2.45) is 0 Å². The second kappa shape index (κ2) is 5.33. The molecule has 0 radical (unpaired) electrons. The summed E-state index contributed by atoms with van der Waals surface area (Å²) >= 11 is 2.68. The number of nitro groups is 1. The van der Waals surface area contributed by atoms with Crippen molar-refractivity contribution in [3.8, 4) is 5.75 Å². The molecule has 0 N–H and O–H groups in total. The van der Waals surface area contributed by atoms with Crippen LogP contribution in [0.25, 0.3) is 0 Å². The lowest BCUT2D eigenvalue weighted by Crippen LogP contribution is -2.05. The first kappa shape index (κ1) is 15.1. The molecule has 0 unspecified atom stereocenters. The van der Waals surface area contributed by atoms with Gasteiger partial charge in [-0.25, -0.2) is 8.42 Å². The normalized spacial score (nSPS) is 11.6. The van der Waals surface area contributed by atoms with Gasteiger partial charge in [-0.1, -0.05) is 0 Å². The highest BCUT2D eigenvalue weighted by atomic mass is 79.9. The van der Waals surface area contributed by atoms with Crippen molar-refractivity contribution in [3.63, 3.8) is 0 Å². The first-order valence-corrected chi connectivity index (χ1v) is 7.10. The molecule has 6 nitrogen and oxygen atoms in total. The van der Waals surface area contributed by atoms with Gasteiger partial charge in [-0.2, -0.15) is 8.78 Å². The number of alkyl halides is 2. The lowest BCUT2D eigenvalue weighted by atomic mass is 10.3. The number of hydrogen-bond donors (Lipinski definition) is 0. The maximum Gasteiger partial charge on any atom is 0.387 e. The molecular formula is C7H3BrClF2NO5S. The Morgan fingerprint density at radius 3 is 2.39 bits per heavy atom. The summed E-state index contributed by atoms with van der Waals surface area (Å²) < 4.78 is 50.0. The zero-order valence-corrected chi connectivity index (χ0v) is 11.3. The Morgan fingerprint density at radius 1 is 1.44 bits per heavy atom. The summed E-state index contributed by atoms with van der Waals surface area (Å²) in [5.41, 5.74) is -0.743. The van der Waals surface area contributed by atoms with E-state index >= 15 is 0 Å². The molecular weight excluding hydrogens is 363 g/mol. The molecule has 0 bridgehead atoms. The quantitative estimate of drug-likeness (QED) is 0.464. The standard InChI is InChI=1S/C7H3BrClF2NO5S/c8-6-4(17-7(10)11)1-3(12(13)14)2-5(6)18(9,15)16/h1-2,7H. The maximum absolute atomic E-state index is 12.1. The van der Waals surface area contributed by atoms with Crippen LogP contribution in [0.3, 0.4) is 0 Å². The monoisotopic (exact) mass is 365 g/mol. The van der Waals surface area contributed by atoms with Crippen LogP contribution in [0.4, 0.5) is 14.5 Å². The van der Waals surface area contributed by atoms with Crippen molar-refractivity contribution in [1.29, 1.82) is 0 Å². The van der Waals surface area contributed by atoms with Gasteiger partial charge in [0, 0.05) is 16.7 Å². The molecule has 0 aliphatic heterocycles. The maximum atomic E-state index is 12.1. The van der Waals surface area contributed by atoms with Crippen LogP contribution in [0.5, 0.6) is 5.75 Å². The highest BCUT2D eigenvalue weighted by Crippen LogP contribution is 2.38. The topological polar surface area (TPSA) is 86.5 Å². The molecule has 0 spiro atoms. The molecule has 100 valence electrons. The summed E-state index contributed by atoms with van der Waals surface area (Å²) in [6.45, 7) is -3.27. The van der Waals surface area contributed by atoms with E-state index in [9.17, 15) is 27.3 Å². The van der Waals surface area contributed by atoms with Gasteiger partial charge in [0.05, 0.1) is 15.5 Å². The van der Waals surface area contributed by atoms with Crippen LogP contribution in [0.1, 0.15) is 0 Å². The molecule has 0 saturated carbocycles. The van der Waals surface area contributed by atoms with Crippen molar-refractivity contribution in [3.05, 3.63) is 26.7 Å². The van der Waals surface area contributed by atoms with E-state index < -0.39 is 41.4 Å². The number of halogens is 4. The Labute approximate surface area is 112 Å². The zero-order valence-electron chi connectivity index (χ0n) is 8.14. The second-order valence-corrected chi connectivity index (χ2v) is 6.16. The van der Waals surface area contributed by atoms with Crippen molar-refractivity contribution in [2.75, 3.05) is 0 Å². The molecule has 0 aromatic heterocycles. The van der Waals surface area contributed by atoms with E-state index in [0.29, 0.717) is 12.1 Å². The first-order valence-electron chi connectivity index (χ1n) is 4.00. The Bertz CT molecular complexity index is 594. The predicted octanol–water partition coefficient (Wildman–Crippen LogP) is 2.89. The molecule has 1 rings (SSSR count). The smallest absolute Gasteiger partial charge is 0.387 e.